The van der Waals surface area contributed by atoms with Gasteiger partial charge in [0, 0.05) is 48.2 Å². The number of halogens is 6. The topological polar surface area (TPSA) is 140 Å². The van der Waals surface area contributed by atoms with Gasteiger partial charge in [-0.25, -0.2) is 13.8 Å². The van der Waals surface area contributed by atoms with Crippen molar-refractivity contribution in [3.8, 4) is 0 Å². The van der Waals surface area contributed by atoms with Crippen molar-refractivity contribution in [3.63, 3.8) is 0 Å². The molecule has 6 rings (SSSR count). The summed E-state index contributed by atoms with van der Waals surface area (Å²) in [5, 5.41) is 0.708. The number of alkyl halides is 1. The Morgan fingerprint density at radius 3 is 2.11 bits per heavy atom. The van der Waals surface area contributed by atoms with Gasteiger partial charge >= 0.3 is 5.20 Å². The van der Waals surface area contributed by atoms with Gasteiger partial charge in [0.15, 0.2) is 23.4 Å². The molecule has 1 aliphatic rings. The van der Waals surface area contributed by atoms with Crippen LogP contribution >= 0.6 is 50.5 Å². The molecule has 2 N–H and O–H groups in total. The number of aryl methyl sites for hydroxylation is 3. The number of hydrogen-bond acceptors (Lipinski definition) is 8. The van der Waals surface area contributed by atoms with E-state index < -0.39 is 29.3 Å². The number of nitrogens with zero attached hydrogens (tertiary/aromatic N) is 4. The molecule has 238 valence electrons. The highest BCUT2D eigenvalue weighted by atomic mass is 36.0. The summed E-state index contributed by atoms with van der Waals surface area (Å²) in [6, 6.07) is 7.11. The summed E-state index contributed by atoms with van der Waals surface area (Å²) in [4.78, 5) is 40.9. The van der Waals surface area contributed by atoms with Crippen molar-refractivity contribution < 1.29 is 22.9 Å². The van der Waals surface area contributed by atoms with Crippen molar-refractivity contribution >= 4 is 78.2 Å². The summed E-state index contributed by atoms with van der Waals surface area (Å²) >= 11 is 19.6. The number of hydrogen-bond donors (Lipinski definition) is 2. The van der Waals surface area contributed by atoms with Crippen LogP contribution in [0.4, 0.5) is 8.78 Å². The van der Waals surface area contributed by atoms with Crippen LogP contribution in [0.25, 0.3) is 21.8 Å². The Kier molecular flexibility index (Phi) is 12.8. The molecule has 10 nitrogen and oxygen atoms in total. The molecule has 0 bridgehead atoms. The number of nitrogens with one attached hydrogen (secondary N) is 2. The summed E-state index contributed by atoms with van der Waals surface area (Å²) in [5.41, 5.74) is 4.00. The molecule has 17 heteroatoms. The first kappa shape index (κ1) is 36.2. The van der Waals surface area contributed by atoms with Gasteiger partial charge in [-0.15, -0.1) is 0 Å². The van der Waals surface area contributed by atoms with E-state index in [4.69, 9.17) is 16.3 Å². The van der Waals surface area contributed by atoms with E-state index in [0.29, 0.717) is 22.0 Å². The molecule has 6 heterocycles. The number of amides is 1. The number of rotatable bonds is 1. The lowest BCUT2D eigenvalue weighted by atomic mass is 10.0. The quantitative estimate of drug-likeness (QED) is 0.132. The Morgan fingerprint density at radius 1 is 0.889 bits per heavy atom. The highest BCUT2D eigenvalue weighted by molar-refractivity contribution is 8.24. The summed E-state index contributed by atoms with van der Waals surface area (Å²) in [7, 11) is 1.35. The number of methoxy groups -OCH3 is 1. The van der Waals surface area contributed by atoms with E-state index in [2.05, 4.69) is 64.0 Å². The summed E-state index contributed by atoms with van der Waals surface area (Å²) in [6.07, 6.45) is 5.31. The molecule has 45 heavy (non-hydrogen) atoms. The lowest BCUT2D eigenvalue weighted by molar-refractivity contribution is 0.00221. The molecule has 0 saturated heterocycles. The van der Waals surface area contributed by atoms with E-state index in [-0.39, 0.29) is 16.4 Å². The van der Waals surface area contributed by atoms with Crippen molar-refractivity contribution in [2.75, 3.05) is 7.11 Å². The molecule has 0 aromatic carbocycles. The van der Waals surface area contributed by atoms with Crippen LogP contribution in [0.1, 0.15) is 38.9 Å². The smallest absolute Gasteiger partial charge is 0.339 e. The third-order valence-electron chi connectivity index (χ3n) is 5.87. The molecular weight excluding hydrogens is 695 g/mol. The summed E-state index contributed by atoms with van der Waals surface area (Å²) in [6.45, 7) is 5.60. The molecule has 1 aliphatic heterocycles. The van der Waals surface area contributed by atoms with Gasteiger partial charge in [-0.05, 0) is 95.4 Å². The average molecular weight is 720 g/mol. The molecule has 0 fully saturated rings. The van der Waals surface area contributed by atoms with Crippen molar-refractivity contribution in [2.45, 2.75) is 33.2 Å². The van der Waals surface area contributed by atoms with Crippen molar-refractivity contribution in [3.05, 3.63) is 105 Å². The first-order valence-electron chi connectivity index (χ1n) is 12.7. The molecule has 5 aromatic heterocycles. The largest absolute Gasteiger partial charge is 0.358 e. The van der Waals surface area contributed by atoms with Gasteiger partial charge in [-0.3, -0.25) is 29.1 Å². The zero-order valence-corrected chi connectivity index (χ0v) is 27.9. The molecule has 0 radical (unpaired) electrons. The van der Waals surface area contributed by atoms with Gasteiger partial charge < -0.3 is 15.0 Å². The van der Waals surface area contributed by atoms with Gasteiger partial charge in [0.25, 0.3) is 11.5 Å². The Labute approximate surface area is 275 Å². The van der Waals surface area contributed by atoms with Crippen molar-refractivity contribution in [1.29, 1.82) is 0 Å². The molecule has 1 amide bonds. The first-order chi connectivity index (χ1) is 21.1. The zero-order chi connectivity index (χ0) is 33.5. The van der Waals surface area contributed by atoms with E-state index in [1.807, 2.05) is 26.0 Å². The van der Waals surface area contributed by atoms with Crippen LogP contribution in [0.5, 0.6) is 0 Å². The third kappa shape index (κ3) is 10.4. The lowest BCUT2D eigenvalue weighted by Gasteiger charge is -2.27. The maximum absolute atomic E-state index is 13.8. The highest BCUT2D eigenvalue weighted by Crippen LogP contribution is 2.61. The first-order valence-corrected chi connectivity index (χ1v) is 17.5. The van der Waals surface area contributed by atoms with Crippen LogP contribution < -0.4 is 10.9 Å². The Hall–Kier alpha value is -3.25. The fraction of sp³-hybridized carbons (Fsp3) is 0.214. The van der Waals surface area contributed by atoms with Crippen LogP contribution in [-0.4, -0.2) is 44.2 Å². The fourth-order valence-electron chi connectivity index (χ4n) is 3.95. The van der Waals surface area contributed by atoms with Gasteiger partial charge in [0.05, 0.1) is 6.20 Å². The predicted octanol–water partition coefficient (Wildman–Crippen LogP) is 7.89. The Balaban J connectivity index is 0.000000172. The van der Waals surface area contributed by atoms with Gasteiger partial charge in [-0.2, -0.15) is 0 Å². The monoisotopic (exact) mass is 718 g/mol. The molecule has 0 spiro atoms. The SMILES string of the molecule is COC1NC(=O)c2ncc(C)cc2C1F.Cc1cnc2c(=O)[nH]ccc2c1.Cc1cnc2c(Cl)ncc(F)c2c1.O=P(Cl)(Cl)Cl. The summed E-state index contributed by atoms with van der Waals surface area (Å²) in [5.74, 6) is -0.790. The van der Waals surface area contributed by atoms with Crippen LogP contribution in [0.2, 0.25) is 5.15 Å². The second-order valence-electron chi connectivity index (χ2n) is 9.44. The van der Waals surface area contributed by atoms with E-state index in [9.17, 15) is 22.9 Å². The van der Waals surface area contributed by atoms with Crippen LogP contribution in [0, 0.1) is 26.6 Å². The standard InChI is InChI=1S/C10H11FN2O2.C9H6ClFN2.C9H8N2O.Cl3OP/c1-5-3-6-7(11)10(15-2)13-9(14)8(6)12-4-5;1-5-2-6-7(11)4-13-9(10)8(6)12-3-5;1-6-4-7-2-3-10-9(12)8(7)11-5-6;1-5(2,3)4/h3-4,7,10H,1-2H3,(H,13,14);2-4H,1H3;2-5H,1H3,(H,10,12);. The van der Waals surface area contributed by atoms with E-state index in [1.165, 1.54) is 13.3 Å². The Bertz CT molecular complexity index is 1940. The number of aromatic amines is 1. The number of pyridine rings is 5. The maximum Gasteiger partial charge on any atom is 0.339 e. The predicted molar refractivity (Wildman–Crippen MR) is 173 cm³/mol. The number of H-pyrrole nitrogens is 1. The minimum absolute atomic E-state index is 0.132. The van der Waals surface area contributed by atoms with Crippen molar-refractivity contribution in [1.82, 2.24) is 30.2 Å². The maximum atomic E-state index is 13.8. The second kappa shape index (κ2) is 15.8. The molecular formula is C28H25Cl4F2N6O4P. The Morgan fingerprint density at radius 2 is 1.47 bits per heavy atom. The zero-order valence-electron chi connectivity index (χ0n) is 24.0. The molecule has 0 aliphatic carbocycles. The summed E-state index contributed by atoms with van der Waals surface area (Å²) < 4.78 is 41.3. The fourth-order valence-corrected chi connectivity index (χ4v) is 4.15. The van der Waals surface area contributed by atoms with Crippen LogP contribution in [0.15, 0.2) is 60.0 Å². The third-order valence-corrected chi connectivity index (χ3v) is 6.15. The minimum Gasteiger partial charge on any atom is -0.358 e. The number of fused-ring (bicyclic) bond motifs is 3. The molecule has 5 aromatic rings. The van der Waals surface area contributed by atoms with E-state index in [1.54, 1.807) is 37.6 Å². The second-order valence-corrected chi connectivity index (χ2v) is 16.4. The van der Waals surface area contributed by atoms with Crippen LogP contribution in [0.3, 0.4) is 0 Å². The number of carbonyl (C=O) groups is 1. The van der Waals surface area contributed by atoms with Gasteiger partial charge in [-0.1, -0.05) is 11.6 Å². The number of ether oxygens (including phenoxy) is 1. The van der Waals surface area contributed by atoms with Crippen molar-refractivity contribution in [2.24, 2.45) is 0 Å². The highest BCUT2D eigenvalue weighted by Gasteiger charge is 2.34. The molecule has 2 unspecified atom stereocenters. The van der Waals surface area contributed by atoms with E-state index >= 15 is 0 Å². The van der Waals surface area contributed by atoms with Gasteiger partial charge in [0.1, 0.15) is 16.7 Å². The minimum atomic E-state index is -3.22. The van der Waals surface area contributed by atoms with Crippen LogP contribution in [-0.2, 0) is 9.30 Å². The lowest BCUT2D eigenvalue weighted by Crippen LogP contribution is -2.44. The van der Waals surface area contributed by atoms with Gasteiger partial charge in [0.2, 0.25) is 0 Å². The van der Waals surface area contributed by atoms with E-state index in [0.717, 1.165) is 28.3 Å². The normalized spacial score (nSPS) is 15.4. The average Bonchev–Trinajstić information content (AvgIpc) is 2.97. The molecule has 0 saturated carbocycles. The number of aromatic nitrogens is 5. The molecule has 2 atom stereocenters. The number of carbonyl (C=O) groups excluding carboxylic acids is 1.